The molecule has 2 heteroatoms. The summed E-state index contributed by atoms with van der Waals surface area (Å²) in [6, 6.07) is 8.20. The van der Waals surface area contributed by atoms with Crippen LogP contribution in [0.5, 0.6) is 5.75 Å². The zero-order valence-electron chi connectivity index (χ0n) is 8.66. The largest absolute Gasteiger partial charge is 0.490 e. The molecule has 0 bridgehead atoms. The monoisotopic (exact) mass is 222 g/mol. The van der Waals surface area contributed by atoms with Crippen LogP contribution in [0.25, 0.3) is 6.08 Å². The van der Waals surface area contributed by atoms with Gasteiger partial charge < -0.3 is 4.74 Å². The van der Waals surface area contributed by atoms with E-state index in [1.807, 2.05) is 12.1 Å². The van der Waals surface area contributed by atoms with Gasteiger partial charge in [0.1, 0.15) is 5.75 Å². The fourth-order valence-corrected chi connectivity index (χ4v) is 1.44. The molecule has 80 valence electrons. The quantitative estimate of drug-likeness (QED) is 0.688. The van der Waals surface area contributed by atoms with E-state index in [4.69, 9.17) is 16.3 Å². The maximum atomic E-state index is 5.66. The van der Waals surface area contributed by atoms with Crippen LogP contribution in [-0.4, -0.2) is 12.0 Å². The molecule has 1 aromatic carbocycles. The molecule has 0 amide bonds. The van der Waals surface area contributed by atoms with Gasteiger partial charge in [-0.2, -0.15) is 0 Å². The normalized spacial score (nSPS) is 15.8. The van der Waals surface area contributed by atoms with Gasteiger partial charge in [-0.25, -0.2) is 0 Å². The van der Waals surface area contributed by atoms with Crippen LogP contribution in [-0.2, 0) is 0 Å². The number of ether oxygens (including phenoxy) is 1. The van der Waals surface area contributed by atoms with Crippen LogP contribution in [0.1, 0.15) is 24.8 Å². The van der Waals surface area contributed by atoms with E-state index in [1.165, 1.54) is 18.4 Å². The van der Waals surface area contributed by atoms with Gasteiger partial charge >= 0.3 is 0 Å². The van der Waals surface area contributed by atoms with Crippen LogP contribution >= 0.6 is 11.6 Å². The number of allylic oxidation sites excluding steroid dienone is 1. The highest BCUT2D eigenvalue weighted by Crippen LogP contribution is 2.26. The molecular weight excluding hydrogens is 208 g/mol. The lowest BCUT2D eigenvalue weighted by molar-refractivity contribution is 0.303. The molecule has 0 radical (unpaired) electrons. The van der Waals surface area contributed by atoms with Crippen LogP contribution in [0.4, 0.5) is 0 Å². The van der Waals surface area contributed by atoms with Crippen molar-refractivity contribution in [2.24, 2.45) is 0 Å². The Labute approximate surface area is 95.7 Å². The molecule has 0 spiro atoms. The van der Waals surface area contributed by atoms with Gasteiger partial charge in [-0.3, -0.25) is 0 Å². The average Bonchev–Trinajstić information content (AvgIpc) is 3.05. The lowest BCUT2D eigenvalue weighted by atomic mass is 10.2. The predicted octanol–water partition coefficient (Wildman–Crippen LogP) is 3.87. The Morgan fingerprint density at radius 3 is 2.60 bits per heavy atom. The minimum absolute atomic E-state index is 0.475. The van der Waals surface area contributed by atoms with Gasteiger partial charge in [-0.1, -0.05) is 24.3 Å². The van der Waals surface area contributed by atoms with E-state index in [0.29, 0.717) is 12.0 Å². The second kappa shape index (κ2) is 5.22. The van der Waals surface area contributed by atoms with Crippen molar-refractivity contribution in [3.63, 3.8) is 0 Å². The SMILES string of the molecule is ClCC/C=C/c1ccc(OC2CC2)cc1. The summed E-state index contributed by atoms with van der Waals surface area (Å²) in [6.07, 6.45) is 7.98. The van der Waals surface area contributed by atoms with Gasteiger partial charge in [-0.05, 0) is 37.0 Å². The van der Waals surface area contributed by atoms with Crippen LogP contribution in [0, 0.1) is 0 Å². The summed E-state index contributed by atoms with van der Waals surface area (Å²) < 4.78 is 5.66. The Balaban J connectivity index is 1.90. The van der Waals surface area contributed by atoms with E-state index in [-0.39, 0.29) is 0 Å². The number of hydrogen-bond donors (Lipinski definition) is 0. The first-order valence-corrected chi connectivity index (χ1v) is 5.91. The Morgan fingerprint density at radius 2 is 2.00 bits per heavy atom. The van der Waals surface area contributed by atoms with Gasteiger partial charge in [-0.15, -0.1) is 11.6 Å². The fraction of sp³-hybridized carbons (Fsp3) is 0.385. The molecule has 0 aromatic heterocycles. The molecule has 15 heavy (non-hydrogen) atoms. The molecule has 1 aromatic rings. The zero-order chi connectivity index (χ0) is 10.5. The van der Waals surface area contributed by atoms with Gasteiger partial charge in [0, 0.05) is 5.88 Å². The van der Waals surface area contributed by atoms with Crippen molar-refractivity contribution < 1.29 is 4.74 Å². The minimum atomic E-state index is 0.475. The Morgan fingerprint density at radius 1 is 1.27 bits per heavy atom. The molecule has 1 nitrogen and oxygen atoms in total. The number of alkyl halides is 1. The van der Waals surface area contributed by atoms with E-state index >= 15 is 0 Å². The molecule has 0 N–H and O–H groups in total. The van der Waals surface area contributed by atoms with Crippen LogP contribution in [0.3, 0.4) is 0 Å². The van der Waals surface area contributed by atoms with Gasteiger partial charge in [0.05, 0.1) is 6.10 Å². The van der Waals surface area contributed by atoms with Crippen LogP contribution in [0.15, 0.2) is 30.3 Å². The summed E-state index contributed by atoms with van der Waals surface area (Å²) in [4.78, 5) is 0. The third-order valence-corrected chi connectivity index (χ3v) is 2.51. The maximum Gasteiger partial charge on any atom is 0.119 e. The summed E-state index contributed by atoms with van der Waals surface area (Å²) in [5, 5.41) is 0. The van der Waals surface area contributed by atoms with Crippen molar-refractivity contribution in [1.82, 2.24) is 0 Å². The summed E-state index contributed by atoms with van der Waals surface area (Å²) in [6.45, 7) is 0. The first kappa shape index (κ1) is 10.6. The fourth-order valence-electron chi connectivity index (χ4n) is 1.32. The summed E-state index contributed by atoms with van der Waals surface area (Å²) >= 11 is 5.59. The third kappa shape index (κ3) is 3.60. The molecule has 2 rings (SSSR count). The molecule has 0 saturated heterocycles. The highest BCUT2D eigenvalue weighted by Gasteiger charge is 2.23. The Bertz CT molecular complexity index is 325. The molecule has 0 atom stereocenters. The van der Waals surface area contributed by atoms with Gasteiger partial charge in [0.2, 0.25) is 0 Å². The molecule has 0 aliphatic heterocycles. The van der Waals surface area contributed by atoms with E-state index in [0.717, 1.165) is 12.2 Å². The summed E-state index contributed by atoms with van der Waals surface area (Å²) in [5.41, 5.74) is 1.20. The molecular formula is C13H15ClO. The number of hydrogen-bond acceptors (Lipinski definition) is 1. The lowest BCUT2D eigenvalue weighted by Gasteiger charge is -2.03. The van der Waals surface area contributed by atoms with Crippen molar-refractivity contribution in [3.8, 4) is 5.75 Å². The van der Waals surface area contributed by atoms with Crippen molar-refractivity contribution in [2.75, 3.05) is 5.88 Å². The standard InChI is InChI=1S/C13H15ClO/c14-10-2-1-3-11-4-6-12(7-5-11)15-13-8-9-13/h1,3-7,13H,2,8-10H2/b3-1+. The van der Waals surface area contributed by atoms with Crippen molar-refractivity contribution in [1.29, 1.82) is 0 Å². The molecule has 1 aliphatic carbocycles. The highest BCUT2D eigenvalue weighted by molar-refractivity contribution is 6.17. The van der Waals surface area contributed by atoms with Crippen molar-refractivity contribution >= 4 is 17.7 Å². The van der Waals surface area contributed by atoms with Crippen molar-refractivity contribution in [3.05, 3.63) is 35.9 Å². The molecule has 0 heterocycles. The summed E-state index contributed by atoms with van der Waals surface area (Å²) in [7, 11) is 0. The summed E-state index contributed by atoms with van der Waals surface area (Å²) in [5.74, 6) is 1.66. The van der Waals surface area contributed by atoms with Crippen molar-refractivity contribution in [2.45, 2.75) is 25.4 Å². The first-order chi connectivity index (χ1) is 7.38. The smallest absolute Gasteiger partial charge is 0.119 e. The highest BCUT2D eigenvalue weighted by atomic mass is 35.5. The maximum absolute atomic E-state index is 5.66. The number of halogens is 1. The molecule has 1 fully saturated rings. The van der Waals surface area contributed by atoms with Gasteiger partial charge in [0.15, 0.2) is 0 Å². The number of benzene rings is 1. The first-order valence-electron chi connectivity index (χ1n) is 5.38. The van der Waals surface area contributed by atoms with E-state index in [1.54, 1.807) is 0 Å². The topological polar surface area (TPSA) is 9.23 Å². The van der Waals surface area contributed by atoms with E-state index in [2.05, 4.69) is 24.3 Å². The zero-order valence-corrected chi connectivity index (χ0v) is 9.41. The number of rotatable bonds is 5. The third-order valence-electron chi connectivity index (χ3n) is 2.29. The van der Waals surface area contributed by atoms with E-state index < -0.39 is 0 Å². The lowest BCUT2D eigenvalue weighted by Crippen LogP contribution is -1.94. The molecule has 1 aliphatic rings. The second-order valence-corrected chi connectivity index (χ2v) is 4.14. The van der Waals surface area contributed by atoms with Crippen LogP contribution < -0.4 is 4.74 Å². The predicted molar refractivity (Wildman–Crippen MR) is 64.5 cm³/mol. The van der Waals surface area contributed by atoms with Gasteiger partial charge in [0.25, 0.3) is 0 Å². The van der Waals surface area contributed by atoms with E-state index in [9.17, 15) is 0 Å². The molecule has 0 unspecified atom stereocenters. The average molecular weight is 223 g/mol. The Kier molecular flexibility index (Phi) is 3.68. The van der Waals surface area contributed by atoms with Crippen LogP contribution in [0.2, 0.25) is 0 Å². The second-order valence-electron chi connectivity index (χ2n) is 3.77. The minimum Gasteiger partial charge on any atom is -0.490 e. The Hall–Kier alpha value is -0.950. The molecule has 1 saturated carbocycles.